The zero-order valence-corrected chi connectivity index (χ0v) is 17.8. The molecule has 156 valence electrons. The monoisotopic (exact) mass is 405 g/mol. The molecule has 1 heterocycles. The molecule has 5 nitrogen and oxygen atoms in total. The summed E-state index contributed by atoms with van der Waals surface area (Å²) in [5.41, 5.74) is 5.83. The standard InChI is InChI=1S/C25H27NO4/c1-15-8-7-9-16(2)23(15)26-22(27)14-29-21-13-12-19-18-10-5-4-6-11-20(18)25(28)30-24(19)17(21)3/h7-9,12-13H,4-6,10-11,14H2,1-3H3,(H,26,27). The summed E-state index contributed by atoms with van der Waals surface area (Å²) in [4.78, 5) is 25.0. The van der Waals surface area contributed by atoms with Crippen LogP contribution in [-0.2, 0) is 17.6 Å². The number of carbonyl (C=O) groups excluding carboxylic acids is 1. The van der Waals surface area contributed by atoms with Crippen LogP contribution in [0, 0.1) is 20.8 Å². The van der Waals surface area contributed by atoms with Gasteiger partial charge < -0.3 is 14.5 Å². The Bertz CT molecular complexity index is 1160. The lowest BCUT2D eigenvalue weighted by molar-refractivity contribution is -0.118. The fourth-order valence-corrected chi connectivity index (χ4v) is 4.29. The second-order valence-electron chi connectivity index (χ2n) is 8.08. The van der Waals surface area contributed by atoms with E-state index in [2.05, 4.69) is 5.32 Å². The number of rotatable bonds is 4. The van der Waals surface area contributed by atoms with Gasteiger partial charge in [0.1, 0.15) is 11.3 Å². The minimum atomic E-state index is -0.243. The van der Waals surface area contributed by atoms with Gasteiger partial charge >= 0.3 is 5.63 Å². The van der Waals surface area contributed by atoms with Gasteiger partial charge in [0, 0.05) is 22.2 Å². The topological polar surface area (TPSA) is 68.5 Å². The first-order valence-corrected chi connectivity index (χ1v) is 10.5. The molecule has 1 N–H and O–H groups in total. The van der Waals surface area contributed by atoms with Crippen LogP contribution in [0.5, 0.6) is 5.75 Å². The fourth-order valence-electron chi connectivity index (χ4n) is 4.29. The number of anilines is 1. The molecule has 1 aliphatic rings. The molecule has 0 spiro atoms. The Morgan fingerprint density at radius 1 is 1.00 bits per heavy atom. The highest BCUT2D eigenvalue weighted by molar-refractivity contribution is 5.93. The highest BCUT2D eigenvalue weighted by atomic mass is 16.5. The van der Waals surface area contributed by atoms with Crippen LogP contribution in [0.3, 0.4) is 0 Å². The van der Waals surface area contributed by atoms with E-state index < -0.39 is 0 Å². The van der Waals surface area contributed by atoms with Gasteiger partial charge in [-0.3, -0.25) is 4.79 Å². The molecule has 0 aliphatic heterocycles. The van der Waals surface area contributed by atoms with Crippen LogP contribution in [0.2, 0.25) is 0 Å². The molecular formula is C25H27NO4. The normalized spacial score (nSPS) is 13.6. The molecular weight excluding hydrogens is 378 g/mol. The summed E-state index contributed by atoms with van der Waals surface area (Å²) >= 11 is 0. The van der Waals surface area contributed by atoms with Gasteiger partial charge in [-0.2, -0.15) is 0 Å². The molecule has 0 fully saturated rings. The molecule has 0 saturated carbocycles. The van der Waals surface area contributed by atoms with Crippen LogP contribution < -0.4 is 15.7 Å². The minimum absolute atomic E-state index is 0.116. The number of hydrogen-bond acceptors (Lipinski definition) is 4. The van der Waals surface area contributed by atoms with Crippen molar-refractivity contribution in [2.75, 3.05) is 11.9 Å². The van der Waals surface area contributed by atoms with Gasteiger partial charge in [-0.1, -0.05) is 24.6 Å². The lowest BCUT2D eigenvalue weighted by atomic mass is 9.99. The number of aryl methyl sites for hydroxylation is 4. The summed E-state index contributed by atoms with van der Waals surface area (Å²) in [6.45, 7) is 5.67. The van der Waals surface area contributed by atoms with Crippen LogP contribution in [0.25, 0.3) is 11.0 Å². The molecule has 1 aliphatic carbocycles. The third-order valence-corrected chi connectivity index (χ3v) is 5.94. The van der Waals surface area contributed by atoms with Gasteiger partial charge in [0.05, 0.1) is 0 Å². The van der Waals surface area contributed by atoms with Gasteiger partial charge in [0.15, 0.2) is 6.61 Å². The second-order valence-corrected chi connectivity index (χ2v) is 8.08. The number of ether oxygens (including phenoxy) is 1. The van der Waals surface area contributed by atoms with Crippen molar-refractivity contribution in [1.29, 1.82) is 0 Å². The number of nitrogens with one attached hydrogen (secondary N) is 1. The van der Waals surface area contributed by atoms with E-state index in [4.69, 9.17) is 9.15 Å². The van der Waals surface area contributed by atoms with Crippen LogP contribution in [-0.4, -0.2) is 12.5 Å². The van der Waals surface area contributed by atoms with E-state index >= 15 is 0 Å². The average Bonchev–Trinajstić information content (AvgIpc) is 2.98. The van der Waals surface area contributed by atoms with Crippen molar-refractivity contribution >= 4 is 22.6 Å². The maximum absolute atomic E-state index is 12.6. The van der Waals surface area contributed by atoms with E-state index in [0.717, 1.165) is 71.0 Å². The SMILES string of the molecule is Cc1cccc(C)c1NC(=O)COc1ccc2c3c(c(=O)oc2c1C)CCCCC3. The quantitative estimate of drug-likeness (QED) is 0.490. The van der Waals surface area contributed by atoms with Crippen molar-refractivity contribution in [1.82, 2.24) is 0 Å². The highest BCUT2D eigenvalue weighted by Gasteiger charge is 2.19. The molecule has 0 unspecified atom stereocenters. The van der Waals surface area contributed by atoms with E-state index in [-0.39, 0.29) is 18.1 Å². The molecule has 1 aromatic heterocycles. The van der Waals surface area contributed by atoms with E-state index in [0.29, 0.717) is 11.3 Å². The predicted molar refractivity (Wildman–Crippen MR) is 119 cm³/mol. The molecule has 0 saturated heterocycles. The van der Waals surface area contributed by atoms with Gasteiger partial charge in [0.25, 0.3) is 5.91 Å². The van der Waals surface area contributed by atoms with E-state index in [1.54, 1.807) is 0 Å². The van der Waals surface area contributed by atoms with Crippen LogP contribution in [0.15, 0.2) is 39.5 Å². The van der Waals surface area contributed by atoms with Crippen LogP contribution >= 0.6 is 0 Å². The van der Waals surface area contributed by atoms with Crippen molar-refractivity contribution in [2.24, 2.45) is 0 Å². The molecule has 5 heteroatoms. The van der Waals surface area contributed by atoms with Gasteiger partial charge in [0.2, 0.25) is 0 Å². The lowest BCUT2D eigenvalue weighted by Crippen LogP contribution is -2.21. The average molecular weight is 405 g/mol. The number of fused-ring (bicyclic) bond motifs is 3. The Morgan fingerprint density at radius 2 is 1.70 bits per heavy atom. The number of hydrogen-bond donors (Lipinski definition) is 1. The van der Waals surface area contributed by atoms with Crippen LogP contribution in [0.4, 0.5) is 5.69 Å². The van der Waals surface area contributed by atoms with Crippen molar-refractivity contribution in [3.8, 4) is 5.75 Å². The number of amides is 1. The summed E-state index contributed by atoms with van der Waals surface area (Å²) < 4.78 is 11.5. The maximum atomic E-state index is 12.6. The molecule has 30 heavy (non-hydrogen) atoms. The summed E-state index contributed by atoms with van der Waals surface area (Å²) in [7, 11) is 0. The Balaban J connectivity index is 1.57. The second kappa shape index (κ2) is 8.34. The van der Waals surface area contributed by atoms with Crippen molar-refractivity contribution in [2.45, 2.75) is 52.9 Å². The molecule has 4 rings (SSSR count). The number of carbonyl (C=O) groups is 1. The fraction of sp³-hybridized carbons (Fsp3) is 0.360. The Labute approximate surface area is 176 Å². The molecule has 0 bridgehead atoms. The Morgan fingerprint density at radius 3 is 2.43 bits per heavy atom. The first-order chi connectivity index (χ1) is 14.5. The third-order valence-electron chi connectivity index (χ3n) is 5.94. The zero-order chi connectivity index (χ0) is 21.3. The number of benzene rings is 2. The largest absolute Gasteiger partial charge is 0.483 e. The van der Waals surface area contributed by atoms with Gasteiger partial charge in [-0.05, 0) is 75.3 Å². The molecule has 2 aromatic carbocycles. The summed E-state index contributed by atoms with van der Waals surface area (Å²) in [6.07, 6.45) is 4.92. The summed E-state index contributed by atoms with van der Waals surface area (Å²) in [6, 6.07) is 9.71. The zero-order valence-electron chi connectivity index (χ0n) is 17.8. The Hall–Kier alpha value is -3.08. The molecule has 3 aromatic rings. The smallest absolute Gasteiger partial charge is 0.339 e. The first kappa shape index (κ1) is 20.2. The van der Waals surface area contributed by atoms with Crippen LogP contribution in [0.1, 0.15) is 47.1 Å². The van der Waals surface area contributed by atoms with E-state index in [9.17, 15) is 9.59 Å². The summed E-state index contributed by atoms with van der Waals surface area (Å²) in [5.74, 6) is 0.325. The Kier molecular flexibility index (Phi) is 5.62. The first-order valence-electron chi connectivity index (χ1n) is 10.5. The minimum Gasteiger partial charge on any atom is -0.483 e. The summed E-state index contributed by atoms with van der Waals surface area (Å²) in [5, 5.41) is 3.91. The van der Waals surface area contributed by atoms with Crippen molar-refractivity contribution in [3.05, 3.63) is 68.6 Å². The van der Waals surface area contributed by atoms with Gasteiger partial charge in [-0.15, -0.1) is 0 Å². The third kappa shape index (κ3) is 3.84. The van der Waals surface area contributed by atoms with Crippen molar-refractivity contribution < 1.29 is 13.9 Å². The molecule has 0 radical (unpaired) electrons. The lowest BCUT2D eigenvalue weighted by Gasteiger charge is -2.15. The molecule has 0 atom stereocenters. The predicted octanol–water partition coefficient (Wildman–Crippen LogP) is 5.00. The van der Waals surface area contributed by atoms with E-state index in [1.165, 1.54) is 0 Å². The number of para-hydroxylation sites is 1. The van der Waals surface area contributed by atoms with E-state index in [1.807, 2.05) is 51.1 Å². The van der Waals surface area contributed by atoms with Crippen molar-refractivity contribution in [3.63, 3.8) is 0 Å². The highest BCUT2D eigenvalue weighted by Crippen LogP contribution is 2.32. The maximum Gasteiger partial charge on any atom is 0.339 e. The van der Waals surface area contributed by atoms with Gasteiger partial charge in [-0.25, -0.2) is 4.79 Å². The molecule has 1 amide bonds.